The first-order chi connectivity index (χ1) is 9.63. The summed E-state index contributed by atoms with van der Waals surface area (Å²) in [6, 6.07) is 8.93. The van der Waals surface area contributed by atoms with Crippen LogP contribution in [0.25, 0.3) is 0 Å². The van der Waals surface area contributed by atoms with Crippen molar-refractivity contribution in [2.45, 2.75) is 13.5 Å². The number of ether oxygens (including phenoxy) is 1. The van der Waals surface area contributed by atoms with Crippen LogP contribution in [0, 0.1) is 6.92 Å². The van der Waals surface area contributed by atoms with E-state index in [9.17, 15) is 4.79 Å². The Balaban J connectivity index is 2.15. The van der Waals surface area contributed by atoms with Crippen molar-refractivity contribution in [3.8, 4) is 5.75 Å². The van der Waals surface area contributed by atoms with Crippen LogP contribution in [0.15, 0.2) is 36.5 Å². The molecular formula is C15H17N3O2. The number of aryl methyl sites for hydroxylation is 1. The minimum Gasteiger partial charge on any atom is -0.496 e. The third kappa shape index (κ3) is 2.88. The van der Waals surface area contributed by atoms with Gasteiger partial charge in [0.2, 0.25) is 0 Å². The molecule has 2 aromatic rings. The summed E-state index contributed by atoms with van der Waals surface area (Å²) in [5.41, 5.74) is 8.44. The molecule has 0 fully saturated rings. The van der Waals surface area contributed by atoms with Gasteiger partial charge in [-0.3, -0.25) is 9.78 Å². The van der Waals surface area contributed by atoms with Crippen molar-refractivity contribution in [1.29, 1.82) is 0 Å². The van der Waals surface area contributed by atoms with Gasteiger partial charge in [-0.2, -0.15) is 0 Å². The number of anilines is 1. The molecule has 104 valence electrons. The molecule has 20 heavy (non-hydrogen) atoms. The van der Waals surface area contributed by atoms with Gasteiger partial charge in [0.25, 0.3) is 5.91 Å². The van der Waals surface area contributed by atoms with Gasteiger partial charge >= 0.3 is 0 Å². The van der Waals surface area contributed by atoms with Crippen LogP contribution in [-0.2, 0) is 6.54 Å². The minimum atomic E-state index is -0.273. The number of nitrogens with two attached hydrogens (primary N) is 1. The van der Waals surface area contributed by atoms with Gasteiger partial charge in [0.15, 0.2) is 0 Å². The second-order valence-corrected chi connectivity index (χ2v) is 4.37. The van der Waals surface area contributed by atoms with Crippen molar-refractivity contribution in [2.24, 2.45) is 0 Å². The van der Waals surface area contributed by atoms with Gasteiger partial charge in [-0.15, -0.1) is 0 Å². The van der Waals surface area contributed by atoms with Crippen LogP contribution in [0.4, 0.5) is 5.69 Å². The fraction of sp³-hybridized carbons (Fsp3) is 0.200. The number of nitrogens with one attached hydrogen (secondary N) is 1. The molecule has 0 aliphatic heterocycles. The molecule has 3 N–H and O–H groups in total. The lowest BCUT2D eigenvalue weighted by Gasteiger charge is -2.12. The van der Waals surface area contributed by atoms with Gasteiger partial charge < -0.3 is 15.8 Å². The van der Waals surface area contributed by atoms with Crippen molar-refractivity contribution in [3.63, 3.8) is 0 Å². The van der Waals surface area contributed by atoms with Gasteiger partial charge in [-0.1, -0.05) is 12.1 Å². The number of nitrogen functional groups attached to an aromatic ring is 1. The Morgan fingerprint density at radius 1 is 1.35 bits per heavy atom. The first-order valence-corrected chi connectivity index (χ1v) is 6.24. The molecule has 5 nitrogen and oxygen atoms in total. The van der Waals surface area contributed by atoms with Gasteiger partial charge in [0.1, 0.15) is 11.3 Å². The number of hydrogen-bond donors (Lipinski definition) is 2. The molecule has 0 aliphatic carbocycles. The summed E-state index contributed by atoms with van der Waals surface area (Å²) in [6.45, 7) is 2.30. The molecule has 0 spiro atoms. The van der Waals surface area contributed by atoms with E-state index in [0.717, 1.165) is 11.3 Å². The Morgan fingerprint density at radius 3 is 2.85 bits per heavy atom. The Kier molecular flexibility index (Phi) is 4.20. The molecule has 2 rings (SSSR count). The highest BCUT2D eigenvalue weighted by Gasteiger charge is 2.15. The maximum absolute atomic E-state index is 12.2. The number of carbonyl (C=O) groups excluding carboxylic acids is 1. The summed E-state index contributed by atoms with van der Waals surface area (Å²) in [7, 11) is 1.51. The number of nitrogens with zero attached hydrogens (tertiary/aromatic N) is 1. The van der Waals surface area contributed by atoms with Crippen LogP contribution < -0.4 is 15.8 Å². The molecule has 1 amide bonds. The molecule has 0 bridgehead atoms. The van der Waals surface area contributed by atoms with Crippen molar-refractivity contribution >= 4 is 11.6 Å². The van der Waals surface area contributed by atoms with Crippen molar-refractivity contribution in [1.82, 2.24) is 10.3 Å². The van der Waals surface area contributed by atoms with Crippen LogP contribution in [0.2, 0.25) is 0 Å². The van der Waals surface area contributed by atoms with E-state index in [1.54, 1.807) is 24.4 Å². The third-order valence-electron chi connectivity index (χ3n) is 3.04. The fourth-order valence-corrected chi connectivity index (χ4v) is 1.92. The monoisotopic (exact) mass is 271 g/mol. The maximum Gasteiger partial charge on any atom is 0.257 e. The van der Waals surface area contributed by atoms with Crippen LogP contribution in [0.3, 0.4) is 0 Å². The van der Waals surface area contributed by atoms with Crippen LogP contribution in [0.1, 0.15) is 21.6 Å². The molecule has 0 atom stereocenters. The van der Waals surface area contributed by atoms with Gasteiger partial charge in [-0.25, -0.2) is 0 Å². The van der Waals surface area contributed by atoms with E-state index in [0.29, 0.717) is 23.5 Å². The van der Waals surface area contributed by atoms with Gasteiger partial charge in [0, 0.05) is 11.9 Å². The Morgan fingerprint density at radius 2 is 2.15 bits per heavy atom. The molecule has 1 heterocycles. The first kappa shape index (κ1) is 13.9. The Bertz CT molecular complexity index is 626. The predicted octanol–water partition coefficient (Wildman–Crippen LogP) is 1.91. The molecule has 1 aromatic heterocycles. The van der Waals surface area contributed by atoms with E-state index in [1.807, 2.05) is 19.1 Å². The second kappa shape index (κ2) is 6.06. The van der Waals surface area contributed by atoms with Crippen LogP contribution >= 0.6 is 0 Å². The molecule has 1 aromatic carbocycles. The predicted molar refractivity (Wildman–Crippen MR) is 77.6 cm³/mol. The quantitative estimate of drug-likeness (QED) is 0.833. The van der Waals surface area contributed by atoms with E-state index in [-0.39, 0.29) is 5.91 Å². The number of methoxy groups -OCH3 is 1. The van der Waals surface area contributed by atoms with Crippen LogP contribution in [0.5, 0.6) is 5.75 Å². The average Bonchev–Trinajstić information content (AvgIpc) is 2.45. The van der Waals surface area contributed by atoms with Crippen LogP contribution in [-0.4, -0.2) is 18.0 Å². The second-order valence-electron chi connectivity index (χ2n) is 4.37. The van der Waals surface area contributed by atoms with E-state index < -0.39 is 0 Å². The zero-order chi connectivity index (χ0) is 14.5. The summed E-state index contributed by atoms with van der Waals surface area (Å²) in [4.78, 5) is 16.5. The van der Waals surface area contributed by atoms with Gasteiger partial charge in [0.05, 0.1) is 19.3 Å². The standard InChI is InChI=1S/C15H17N3O2/c1-10-5-4-8-17-12(10)9-18-15(19)14-11(16)6-3-7-13(14)20-2/h3-8H,9,16H2,1-2H3,(H,18,19). The van der Waals surface area contributed by atoms with E-state index in [2.05, 4.69) is 10.3 Å². The average molecular weight is 271 g/mol. The fourth-order valence-electron chi connectivity index (χ4n) is 1.92. The number of benzene rings is 1. The number of amides is 1. The molecule has 5 heteroatoms. The maximum atomic E-state index is 12.2. The number of rotatable bonds is 4. The minimum absolute atomic E-state index is 0.273. The molecule has 0 saturated heterocycles. The first-order valence-electron chi connectivity index (χ1n) is 6.24. The van der Waals surface area contributed by atoms with Crippen molar-refractivity contribution in [2.75, 3.05) is 12.8 Å². The highest BCUT2D eigenvalue weighted by molar-refractivity contribution is 6.01. The van der Waals surface area contributed by atoms with Crippen molar-refractivity contribution in [3.05, 3.63) is 53.3 Å². The molecule has 0 unspecified atom stereocenters. The highest BCUT2D eigenvalue weighted by Crippen LogP contribution is 2.23. The number of aromatic nitrogens is 1. The largest absolute Gasteiger partial charge is 0.496 e. The SMILES string of the molecule is COc1cccc(N)c1C(=O)NCc1ncccc1C. The number of hydrogen-bond acceptors (Lipinski definition) is 4. The van der Waals surface area contributed by atoms with E-state index in [4.69, 9.17) is 10.5 Å². The zero-order valence-electron chi connectivity index (χ0n) is 11.5. The summed E-state index contributed by atoms with van der Waals surface area (Å²) in [6.07, 6.45) is 1.70. The molecule has 0 aliphatic rings. The summed E-state index contributed by atoms with van der Waals surface area (Å²) in [5.74, 6) is 0.185. The highest BCUT2D eigenvalue weighted by atomic mass is 16.5. The molecule has 0 radical (unpaired) electrons. The lowest BCUT2D eigenvalue weighted by molar-refractivity contribution is 0.0948. The summed E-state index contributed by atoms with van der Waals surface area (Å²) < 4.78 is 5.17. The Hall–Kier alpha value is -2.56. The van der Waals surface area contributed by atoms with Crippen molar-refractivity contribution < 1.29 is 9.53 Å². The smallest absolute Gasteiger partial charge is 0.257 e. The number of carbonyl (C=O) groups is 1. The molecule has 0 saturated carbocycles. The lowest BCUT2D eigenvalue weighted by atomic mass is 10.1. The normalized spacial score (nSPS) is 10.1. The van der Waals surface area contributed by atoms with E-state index >= 15 is 0 Å². The topological polar surface area (TPSA) is 77.2 Å². The molecular weight excluding hydrogens is 254 g/mol. The summed E-state index contributed by atoms with van der Waals surface area (Å²) >= 11 is 0. The zero-order valence-corrected chi connectivity index (χ0v) is 11.5. The number of pyridine rings is 1. The van der Waals surface area contributed by atoms with Gasteiger partial charge in [-0.05, 0) is 30.7 Å². The van der Waals surface area contributed by atoms with E-state index in [1.165, 1.54) is 7.11 Å². The summed E-state index contributed by atoms with van der Waals surface area (Å²) in [5, 5.41) is 2.81. The third-order valence-corrected chi connectivity index (χ3v) is 3.04. The Labute approximate surface area is 117 Å². The lowest BCUT2D eigenvalue weighted by Crippen LogP contribution is -2.25.